The summed E-state index contributed by atoms with van der Waals surface area (Å²) in [7, 11) is -2.25. The summed E-state index contributed by atoms with van der Waals surface area (Å²) >= 11 is 0. The summed E-state index contributed by atoms with van der Waals surface area (Å²) in [4.78, 5) is 16.4. The van der Waals surface area contributed by atoms with Crippen LogP contribution in [0, 0.1) is 0 Å². The van der Waals surface area contributed by atoms with Crippen LogP contribution in [0.2, 0.25) is 0 Å². The molecule has 1 unspecified atom stereocenters. The van der Waals surface area contributed by atoms with E-state index in [9.17, 15) is 4.79 Å². The Morgan fingerprint density at radius 3 is 1.60 bits per heavy atom. The van der Waals surface area contributed by atoms with Crippen LogP contribution >= 0.6 is 7.26 Å². The first-order valence-corrected chi connectivity index (χ1v) is 14.0. The highest BCUT2D eigenvalue weighted by atomic mass is 31.2. The van der Waals surface area contributed by atoms with Gasteiger partial charge in [0.2, 0.25) is 0 Å². The fraction of sp³-hybridized carbons (Fsp3) is 0.0938. The number of nitrogens with zero attached hydrogens (tertiary/aromatic N) is 1. The van der Waals surface area contributed by atoms with Crippen LogP contribution in [0.1, 0.15) is 6.42 Å². The van der Waals surface area contributed by atoms with Gasteiger partial charge in [-0.2, -0.15) is 0 Å². The zero-order valence-corrected chi connectivity index (χ0v) is 20.4. The first-order valence-electron chi connectivity index (χ1n) is 12.1. The number of hydrogen-bond donors (Lipinski definition) is 0. The van der Waals surface area contributed by atoms with Gasteiger partial charge in [-0.3, -0.25) is 4.79 Å². The number of carbonyl (C=O) groups excluding carboxylic acids is 1. The van der Waals surface area contributed by atoms with E-state index in [0.717, 1.165) is 24.0 Å². The SMILES string of the molecule is O=C1C([P+](c2ccccc2)(c2ccccc2)c2ccccc2)CCN1c1ccc2ccccc2c1. The lowest BCUT2D eigenvalue weighted by Crippen LogP contribution is -2.42. The molecule has 0 bridgehead atoms. The summed E-state index contributed by atoms with van der Waals surface area (Å²) in [6, 6.07) is 46.9. The predicted octanol–water partition coefficient (Wildman–Crippen LogP) is 5.94. The molecule has 6 rings (SSSR count). The van der Waals surface area contributed by atoms with E-state index in [2.05, 4.69) is 133 Å². The molecule has 0 radical (unpaired) electrons. The van der Waals surface area contributed by atoms with E-state index in [4.69, 9.17) is 0 Å². The molecular formula is C32H27NOP+. The molecule has 1 aliphatic heterocycles. The normalized spacial score (nSPS) is 16.1. The lowest BCUT2D eigenvalue weighted by Gasteiger charge is -2.32. The van der Waals surface area contributed by atoms with E-state index in [0.29, 0.717) is 0 Å². The third-order valence-electron chi connectivity index (χ3n) is 7.18. The van der Waals surface area contributed by atoms with Crippen molar-refractivity contribution < 1.29 is 4.79 Å². The number of benzene rings is 5. The fourth-order valence-corrected chi connectivity index (χ4v) is 10.5. The quantitative estimate of drug-likeness (QED) is 0.290. The highest BCUT2D eigenvalue weighted by Crippen LogP contribution is 2.62. The Morgan fingerprint density at radius 2 is 1.06 bits per heavy atom. The van der Waals surface area contributed by atoms with Gasteiger partial charge in [0.25, 0.3) is 5.91 Å². The highest BCUT2D eigenvalue weighted by molar-refractivity contribution is 7.97. The van der Waals surface area contributed by atoms with Crippen LogP contribution in [-0.2, 0) is 4.79 Å². The molecule has 1 saturated heterocycles. The number of anilines is 1. The maximum absolute atomic E-state index is 14.4. The third kappa shape index (κ3) is 3.66. The summed E-state index contributed by atoms with van der Waals surface area (Å²) < 4.78 is 0. The number of carbonyl (C=O) groups is 1. The molecule has 5 aromatic rings. The zero-order valence-electron chi connectivity index (χ0n) is 19.5. The largest absolute Gasteiger partial charge is 0.309 e. The van der Waals surface area contributed by atoms with Crippen molar-refractivity contribution in [3.63, 3.8) is 0 Å². The first-order chi connectivity index (χ1) is 17.3. The monoisotopic (exact) mass is 472 g/mol. The lowest BCUT2D eigenvalue weighted by molar-refractivity contribution is -0.116. The first kappa shape index (κ1) is 21.8. The molecule has 1 fully saturated rings. The summed E-state index contributed by atoms with van der Waals surface area (Å²) in [5, 5.41) is 6.14. The molecule has 3 heteroatoms. The molecule has 35 heavy (non-hydrogen) atoms. The Kier molecular flexibility index (Phi) is 5.68. The molecular weight excluding hydrogens is 445 g/mol. The van der Waals surface area contributed by atoms with Crippen LogP contribution < -0.4 is 20.8 Å². The molecule has 0 saturated carbocycles. The summed E-state index contributed by atoms with van der Waals surface area (Å²) in [5.74, 6) is 0.227. The molecule has 170 valence electrons. The maximum atomic E-state index is 14.4. The topological polar surface area (TPSA) is 20.3 Å². The van der Waals surface area contributed by atoms with Gasteiger partial charge >= 0.3 is 0 Å². The van der Waals surface area contributed by atoms with Crippen molar-refractivity contribution >= 4 is 45.5 Å². The smallest absolute Gasteiger partial charge is 0.268 e. The van der Waals surface area contributed by atoms with Gasteiger partial charge in [-0.25, -0.2) is 0 Å². The third-order valence-corrected chi connectivity index (χ3v) is 11.9. The fourth-order valence-electron chi connectivity index (χ4n) is 5.60. The van der Waals surface area contributed by atoms with Crippen LogP contribution in [0.15, 0.2) is 133 Å². The van der Waals surface area contributed by atoms with E-state index >= 15 is 0 Å². The number of fused-ring (bicyclic) bond motifs is 1. The van der Waals surface area contributed by atoms with E-state index in [1.165, 1.54) is 21.3 Å². The van der Waals surface area contributed by atoms with E-state index in [1.54, 1.807) is 0 Å². The van der Waals surface area contributed by atoms with Gasteiger partial charge in [-0.15, -0.1) is 0 Å². The second-order valence-corrected chi connectivity index (χ2v) is 12.7. The van der Waals surface area contributed by atoms with Crippen molar-refractivity contribution in [2.75, 3.05) is 11.4 Å². The Hall–Kier alpha value is -3.74. The van der Waals surface area contributed by atoms with Gasteiger partial charge in [-0.1, -0.05) is 84.9 Å². The minimum atomic E-state index is -2.25. The van der Waals surface area contributed by atoms with Crippen molar-refractivity contribution in [2.45, 2.75) is 12.1 Å². The van der Waals surface area contributed by atoms with Crippen LogP contribution in [0.4, 0.5) is 5.69 Å². The van der Waals surface area contributed by atoms with Gasteiger partial charge in [0.05, 0.1) is 0 Å². The van der Waals surface area contributed by atoms with Crippen LogP contribution in [0.3, 0.4) is 0 Å². The van der Waals surface area contributed by atoms with Crippen molar-refractivity contribution in [3.8, 4) is 0 Å². The second kappa shape index (κ2) is 9.13. The van der Waals surface area contributed by atoms with Gasteiger partial charge in [0.1, 0.15) is 23.2 Å². The molecule has 0 aliphatic carbocycles. The molecule has 1 aliphatic rings. The Balaban J connectivity index is 1.53. The Morgan fingerprint density at radius 1 is 0.571 bits per heavy atom. The van der Waals surface area contributed by atoms with Gasteiger partial charge in [-0.05, 0) is 59.3 Å². The Bertz CT molecular complexity index is 1370. The second-order valence-electron chi connectivity index (χ2n) is 9.06. The van der Waals surface area contributed by atoms with E-state index in [-0.39, 0.29) is 11.6 Å². The van der Waals surface area contributed by atoms with Gasteiger partial charge in [0.15, 0.2) is 5.66 Å². The molecule has 0 aromatic heterocycles. The summed E-state index contributed by atoms with van der Waals surface area (Å²) in [6.45, 7) is 0.732. The molecule has 0 N–H and O–H groups in total. The average molecular weight is 473 g/mol. The standard InChI is InChI=1S/C32H27NOP/c34-32-31(22-23-33(32)27-21-20-25-12-10-11-13-26(25)24-27)35(28-14-4-1-5-15-28,29-16-6-2-7-17-29)30-18-8-3-9-19-30/h1-21,24,31H,22-23H2/q+1. The van der Waals surface area contributed by atoms with Crippen LogP contribution in [-0.4, -0.2) is 18.1 Å². The molecule has 0 spiro atoms. The van der Waals surface area contributed by atoms with Gasteiger partial charge < -0.3 is 4.90 Å². The average Bonchev–Trinajstić information content (AvgIpc) is 3.32. The molecule has 1 heterocycles. The summed E-state index contributed by atoms with van der Waals surface area (Å²) in [5.41, 5.74) is 0.879. The number of hydrogen-bond acceptors (Lipinski definition) is 1. The number of rotatable bonds is 5. The lowest BCUT2D eigenvalue weighted by atomic mass is 10.1. The molecule has 5 aromatic carbocycles. The maximum Gasteiger partial charge on any atom is 0.268 e. The molecule has 2 nitrogen and oxygen atoms in total. The predicted molar refractivity (Wildman–Crippen MR) is 150 cm³/mol. The van der Waals surface area contributed by atoms with E-state index in [1.807, 2.05) is 4.90 Å². The minimum Gasteiger partial charge on any atom is -0.309 e. The van der Waals surface area contributed by atoms with Crippen molar-refractivity contribution in [1.29, 1.82) is 0 Å². The number of amides is 1. The van der Waals surface area contributed by atoms with E-state index < -0.39 is 7.26 Å². The van der Waals surface area contributed by atoms with Gasteiger partial charge in [0, 0.05) is 18.7 Å². The van der Waals surface area contributed by atoms with Crippen molar-refractivity contribution in [2.24, 2.45) is 0 Å². The Labute approximate surface area is 207 Å². The molecule has 1 amide bonds. The van der Waals surface area contributed by atoms with Crippen LogP contribution in [0.5, 0.6) is 0 Å². The minimum absolute atomic E-state index is 0.110. The highest BCUT2D eigenvalue weighted by Gasteiger charge is 2.58. The van der Waals surface area contributed by atoms with Crippen molar-refractivity contribution in [3.05, 3.63) is 133 Å². The molecule has 1 atom stereocenters. The van der Waals surface area contributed by atoms with Crippen LogP contribution in [0.25, 0.3) is 10.8 Å². The van der Waals surface area contributed by atoms with Crippen molar-refractivity contribution in [1.82, 2.24) is 0 Å². The summed E-state index contributed by atoms with van der Waals surface area (Å²) in [6.07, 6.45) is 0.831. The zero-order chi connectivity index (χ0) is 23.7.